The highest BCUT2D eigenvalue weighted by Gasteiger charge is 2.28. The van der Waals surface area contributed by atoms with Gasteiger partial charge in [0.15, 0.2) is 0 Å². The Bertz CT molecular complexity index is 910. The van der Waals surface area contributed by atoms with Gasteiger partial charge in [0.25, 0.3) is 0 Å². The predicted octanol–water partition coefficient (Wildman–Crippen LogP) is 5.67. The Morgan fingerprint density at radius 2 is 1.79 bits per heavy atom. The van der Waals surface area contributed by atoms with Gasteiger partial charge in [0, 0.05) is 24.0 Å². The summed E-state index contributed by atoms with van der Waals surface area (Å²) in [4.78, 5) is 28.0. The number of carbonyl (C=O) groups is 2. The molecule has 6 heteroatoms. The first-order valence-electron chi connectivity index (χ1n) is 12.0. The first-order valence-corrected chi connectivity index (χ1v) is 12.3. The molecule has 2 aromatic carbocycles. The van der Waals surface area contributed by atoms with Crippen LogP contribution in [0.15, 0.2) is 48.5 Å². The number of hydrogen-bond donors (Lipinski definition) is 1. The van der Waals surface area contributed by atoms with Gasteiger partial charge in [-0.25, -0.2) is 0 Å². The van der Waals surface area contributed by atoms with E-state index in [4.69, 9.17) is 16.3 Å². The maximum atomic E-state index is 13.2. The second-order valence-corrected chi connectivity index (χ2v) is 9.31. The van der Waals surface area contributed by atoms with Gasteiger partial charge >= 0.3 is 0 Å². The Hall–Kier alpha value is -2.53. The van der Waals surface area contributed by atoms with Crippen molar-refractivity contribution in [3.63, 3.8) is 0 Å². The van der Waals surface area contributed by atoms with E-state index in [1.807, 2.05) is 50.2 Å². The van der Waals surface area contributed by atoms with Gasteiger partial charge in [-0.05, 0) is 68.5 Å². The van der Waals surface area contributed by atoms with Crippen LogP contribution in [0.2, 0.25) is 5.02 Å². The molecule has 2 amide bonds. The summed E-state index contributed by atoms with van der Waals surface area (Å²) in [5, 5.41) is 3.84. The van der Waals surface area contributed by atoms with Crippen molar-refractivity contribution in [3.8, 4) is 5.75 Å². The number of hydrogen-bond acceptors (Lipinski definition) is 3. The first kappa shape index (κ1) is 25.1. The van der Waals surface area contributed by atoms with Crippen molar-refractivity contribution in [2.24, 2.45) is 0 Å². The molecule has 178 valence electrons. The first-order chi connectivity index (χ1) is 15.9. The summed E-state index contributed by atoms with van der Waals surface area (Å²) in [6.45, 7) is 4.71. The molecule has 0 spiro atoms. The lowest BCUT2D eigenvalue weighted by molar-refractivity contribution is -0.141. The number of carbonyl (C=O) groups excluding carboxylic acids is 2. The lowest BCUT2D eigenvalue weighted by Crippen LogP contribution is -2.50. The summed E-state index contributed by atoms with van der Waals surface area (Å²) < 4.78 is 5.73. The highest BCUT2D eigenvalue weighted by Crippen LogP contribution is 2.20. The van der Waals surface area contributed by atoms with Crippen molar-refractivity contribution in [1.82, 2.24) is 10.2 Å². The Morgan fingerprint density at radius 3 is 2.48 bits per heavy atom. The minimum Gasteiger partial charge on any atom is -0.494 e. The Balaban J connectivity index is 1.60. The molecular weight excluding hydrogens is 436 g/mol. The molecule has 0 radical (unpaired) electrons. The highest BCUT2D eigenvalue weighted by atomic mass is 35.5. The van der Waals surface area contributed by atoms with Gasteiger partial charge in [-0.3, -0.25) is 9.59 Å². The maximum Gasteiger partial charge on any atom is 0.242 e. The Kier molecular flexibility index (Phi) is 9.61. The second-order valence-electron chi connectivity index (χ2n) is 8.87. The maximum absolute atomic E-state index is 13.2. The van der Waals surface area contributed by atoms with Gasteiger partial charge in [0.2, 0.25) is 11.8 Å². The van der Waals surface area contributed by atoms with Crippen molar-refractivity contribution in [3.05, 3.63) is 64.7 Å². The van der Waals surface area contributed by atoms with Gasteiger partial charge in [-0.1, -0.05) is 55.1 Å². The second kappa shape index (κ2) is 12.6. The van der Waals surface area contributed by atoms with Crippen LogP contribution in [-0.2, 0) is 16.1 Å². The van der Waals surface area contributed by atoms with Gasteiger partial charge < -0.3 is 15.0 Å². The quantitative estimate of drug-likeness (QED) is 0.455. The van der Waals surface area contributed by atoms with E-state index in [9.17, 15) is 9.59 Å². The van der Waals surface area contributed by atoms with E-state index in [0.717, 1.165) is 42.6 Å². The van der Waals surface area contributed by atoms with E-state index in [2.05, 4.69) is 5.32 Å². The zero-order chi connectivity index (χ0) is 23.6. The molecule has 33 heavy (non-hydrogen) atoms. The number of ether oxygens (including phenoxy) is 1. The smallest absolute Gasteiger partial charge is 0.242 e. The number of benzene rings is 2. The third-order valence-electron chi connectivity index (χ3n) is 6.34. The number of nitrogens with zero attached hydrogens (tertiary/aromatic N) is 1. The van der Waals surface area contributed by atoms with Crippen LogP contribution in [0.3, 0.4) is 0 Å². The molecule has 1 aliphatic carbocycles. The van der Waals surface area contributed by atoms with Crippen LogP contribution >= 0.6 is 11.6 Å². The van der Waals surface area contributed by atoms with Crippen LogP contribution in [0, 0.1) is 6.92 Å². The zero-order valence-corrected chi connectivity index (χ0v) is 20.4. The van der Waals surface area contributed by atoms with Crippen molar-refractivity contribution in [2.75, 3.05) is 6.61 Å². The Labute approximate surface area is 202 Å². The van der Waals surface area contributed by atoms with E-state index in [0.29, 0.717) is 31.0 Å². The van der Waals surface area contributed by atoms with Crippen molar-refractivity contribution in [2.45, 2.75) is 77.4 Å². The average Bonchev–Trinajstić information content (AvgIpc) is 2.82. The van der Waals surface area contributed by atoms with Gasteiger partial charge in [-0.15, -0.1) is 0 Å². The van der Waals surface area contributed by atoms with Crippen molar-refractivity contribution < 1.29 is 14.3 Å². The topological polar surface area (TPSA) is 58.6 Å². The molecule has 0 unspecified atom stereocenters. The number of amides is 2. The number of aryl methyl sites for hydroxylation is 1. The molecule has 1 N–H and O–H groups in total. The fraction of sp³-hybridized carbons (Fsp3) is 0.481. The normalized spacial score (nSPS) is 15.0. The molecule has 1 saturated carbocycles. The van der Waals surface area contributed by atoms with Crippen LogP contribution < -0.4 is 10.1 Å². The fourth-order valence-corrected chi connectivity index (χ4v) is 4.34. The van der Waals surface area contributed by atoms with Gasteiger partial charge in [-0.2, -0.15) is 0 Å². The molecule has 0 heterocycles. The van der Waals surface area contributed by atoms with Crippen molar-refractivity contribution in [1.29, 1.82) is 0 Å². The van der Waals surface area contributed by atoms with Crippen LogP contribution in [-0.4, -0.2) is 35.4 Å². The highest BCUT2D eigenvalue weighted by molar-refractivity contribution is 6.30. The molecule has 0 aromatic heterocycles. The van der Waals surface area contributed by atoms with Crippen LogP contribution in [0.1, 0.15) is 63.0 Å². The largest absolute Gasteiger partial charge is 0.494 e. The molecule has 0 saturated heterocycles. The SMILES string of the molecule is Cc1ccccc1CN(C(=O)CCCOc1ccc(Cl)cc1)[C@H](C)C(=O)NC1CCCCC1. The van der Waals surface area contributed by atoms with Crippen LogP contribution in [0.4, 0.5) is 0 Å². The third-order valence-corrected chi connectivity index (χ3v) is 6.59. The minimum absolute atomic E-state index is 0.0377. The zero-order valence-electron chi connectivity index (χ0n) is 19.7. The predicted molar refractivity (Wildman–Crippen MR) is 132 cm³/mol. The van der Waals surface area contributed by atoms with E-state index in [1.165, 1.54) is 6.42 Å². The van der Waals surface area contributed by atoms with Crippen molar-refractivity contribution >= 4 is 23.4 Å². The average molecular weight is 471 g/mol. The summed E-state index contributed by atoms with van der Waals surface area (Å²) in [6.07, 6.45) is 6.47. The minimum atomic E-state index is -0.531. The summed E-state index contributed by atoms with van der Waals surface area (Å²) in [5.41, 5.74) is 2.17. The lowest BCUT2D eigenvalue weighted by atomic mass is 9.95. The molecule has 0 aliphatic heterocycles. The number of nitrogens with one attached hydrogen (secondary N) is 1. The third kappa shape index (κ3) is 7.78. The van der Waals surface area contributed by atoms with Crippen LogP contribution in [0.5, 0.6) is 5.75 Å². The Morgan fingerprint density at radius 1 is 1.09 bits per heavy atom. The monoisotopic (exact) mass is 470 g/mol. The summed E-state index contributed by atoms with van der Waals surface area (Å²) in [6, 6.07) is 14.9. The fourth-order valence-electron chi connectivity index (χ4n) is 4.21. The summed E-state index contributed by atoms with van der Waals surface area (Å²) >= 11 is 5.91. The molecule has 1 aliphatic rings. The van der Waals surface area contributed by atoms with E-state index < -0.39 is 6.04 Å². The van der Waals surface area contributed by atoms with E-state index in [1.54, 1.807) is 17.0 Å². The van der Waals surface area contributed by atoms with Gasteiger partial charge in [0.1, 0.15) is 11.8 Å². The molecule has 2 aromatic rings. The summed E-state index contributed by atoms with van der Waals surface area (Å²) in [5.74, 6) is 0.620. The number of rotatable bonds is 10. The molecular formula is C27H35ClN2O3. The molecule has 0 bridgehead atoms. The molecule has 3 rings (SSSR count). The van der Waals surface area contributed by atoms with E-state index in [-0.39, 0.29) is 17.9 Å². The number of halogens is 1. The molecule has 1 fully saturated rings. The molecule has 5 nitrogen and oxygen atoms in total. The van der Waals surface area contributed by atoms with E-state index >= 15 is 0 Å². The van der Waals surface area contributed by atoms with Crippen LogP contribution in [0.25, 0.3) is 0 Å². The van der Waals surface area contributed by atoms with Gasteiger partial charge in [0.05, 0.1) is 6.61 Å². The molecule has 1 atom stereocenters. The standard InChI is InChI=1S/C27H35ClN2O3/c1-20-9-6-7-10-22(20)19-30(21(2)27(32)29-24-11-4-3-5-12-24)26(31)13-8-18-33-25-16-14-23(28)15-17-25/h6-7,9-10,14-17,21,24H,3-5,8,11-13,18-19H2,1-2H3,(H,29,32)/t21-/m1/s1. The lowest BCUT2D eigenvalue weighted by Gasteiger charge is -2.31. The summed E-state index contributed by atoms with van der Waals surface area (Å²) in [7, 11) is 0.